The fourth-order valence-electron chi connectivity index (χ4n) is 5.23. The Labute approximate surface area is 228 Å². The third kappa shape index (κ3) is 4.25. The second kappa shape index (κ2) is 9.45. The van der Waals surface area contributed by atoms with Crippen LogP contribution in [0.25, 0.3) is 22.3 Å². The van der Waals surface area contributed by atoms with E-state index in [0.717, 1.165) is 0 Å². The van der Waals surface area contributed by atoms with Crippen molar-refractivity contribution in [2.24, 2.45) is 0 Å². The summed E-state index contributed by atoms with van der Waals surface area (Å²) in [5, 5.41) is 11.3. The molecule has 7 rings (SSSR count). The lowest BCUT2D eigenvalue weighted by Crippen LogP contribution is -2.38. The number of anilines is 2. The zero-order chi connectivity index (χ0) is 27.8. The van der Waals surface area contributed by atoms with Crippen molar-refractivity contribution >= 4 is 53.1 Å². The maximum atomic E-state index is 13.3. The number of imidazole rings is 2. The lowest BCUT2D eigenvalue weighted by molar-refractivity contribution is -0.104. The predicted octanol–water partition coefficient (Wildman–Crippen LogP) is -0.492. The lowest BCUT2D eigenvalue weighted by atomic mass is 10.1. The predicted molar refractivity (Wildman–Crippen MR) is 138 cm³/mol. The Hall–Kier alpha value is -3.16. The topological polar surface area (TPSA) is 243 Å². The molecule has 3 saturated heterocycles. The van der Waals surface area contributed by atoms with Gasteiger partial charge in [0.05, 0.1) is 32.0 Å². The number of nitrogens with zero attached hydrogens (tertiary/aromatic N) is 7. The first kappa shape index (κ1) is 25.8. The summed E-state index contributed by atoms with van der Waals surface area (Å²) in [6.07, 6.45) is -1.99. The van der Waals surface area contributed by atoms with Crippen LogP contribution >= 0.6 is 19.0 Å². The van der Waals surface area contributed by atoms with Crippen LogP contribution in [0.5, 0.6) is 0 Å². The highest BCUT2D eigenvalue weighted by Crippen LogP contribution is 2.57. The quantitative estimate of drug-likeness (QED) is 0.145. The van der Waals surface area contributed by atoms with Gasteiger partial charge in [0.15, 0.2) is 35.1 Å². The number of hydrogen-bond acceptors (Lipinski definition) is 15. The van der Waals surface area contributed by atoms with Crippen LogP contribution in [0.2, 0.25) is 0 Å². The Kier molecular flexibility index (Phi) is 6.09. The van der Waals surface area contributed by atoms with Crippen molar-refractivity contribution in [2.75, 3.05) is 24.7 Å². The van der Waals surface area contributed by atoms with Gasteiger partial charge < -0.3 is 30.8 Å². The largest absolute Gasteiger partial charge is 0.386 e. The van der Waals surface area contributed by atoms with Gasteiger partial charge >= 0.3 is 6.80 Å². The van der Waals surface area contributed by atoms with Crippen molar-refractivity contribution in [3.05, 3.63) is 29.3 Å². The van der Waals surface area contributed by atoms with Gasteiger partial charge in [-0.1, -0.05) is 12.2 Å². The smallest absolute Gasteiger partial charge is 0.386 e. The van der Waals surface area contributed by atoms with Crippen molar-refractivity contribution in [2.45, 2.75) is 49.4 Å². The second-order valence-electron chi connectivity index (χ2n) is 9.50. The molecule has 0 aromatic carbocycles. The van der Waals surface area contributed by atoms with Gasteiger partial charge in [0.1, 0.15) is 36.3 Å². The molecule has 8 atom stereocenters. The van der Waals surface area contributed by atoms with E-state index in [-0.39, 0.29) is 42.6 Å². The maximum Gasteiger partial charge on any atom is 0.386 e. The number of aromatic amines is 1. The molecule has 3 aliphatic heterocycles. The van der Waals surface area contributed by atoms with Gasteiger partial charge in [-0.15, -0.1) is 0 Å². The van der Waals surface area contributed by atoms with Crippen LogP contribution in [0, 0.1) is 0 Å². The Morgan fingerprint density at radius 1 is 1.02 bits per heavy atom. The van der Waals surface area contributed by atoms with E-state index in [2.05, 4.69) is 42.2 Å². The molecular formula is C20H23N10O8PS. The van der Waals surface area contributed by atoms with Crippen molar-refractivity contribution < 1.29 is 32.9 Å². The molecule has 0 spiro atoms. The Morgan fingerprint density at radius 3 is 2.62 bits per heavy atom. The standard InChI is InChI=1S/C20H23N10O8PS/c21-14-10-15(24-4-23-14)29(5-25-10)19-12(31)13-9(37-19)3-35-39(33,40)38-8-1-7(2-34-13)36-18(8)30-6-26-11-16(30)27-20(22)28-17(11)32/h4-9,12-13,18-19,31H,1-3H2,(H,33,40)(H2,21,23,24)(H3,22,27,28,32)/t7?,8-,9?,12?,13?,18?,19?,39?/m0/s1. The summed E-state index contributed by atoms with van der Waals surface area (Å²) in [5.41, 5.74) is 12.0. The van der Waals surface area contributed by atoms with E-state index in [1.807, 2.05) is 0 Å². The number of H-pyrrole nitrogens is 1. The van der Waals surface area contributed by atoms with Crippen LogP contribution in [-0.4, -0.2) is 87.9 Å². The Morgan fingerprint density at radius 2 is 1.80 bits per heavy atom. The van der Waals surface area contributed by atoms with Crippen LogP contribution < -0.4 is 17.0 Å². The number of ether oxygens (including phenoxy) is 3. The van der Waals surface area contributed by atoms with Gasteiger partial charge in [0.2, 0.25) is 5.95 Å². The second-order valence-corrected chi connectivity index (χ2v) is 12.4. The molecule has 0 aliphatic carbocycles. The molecule has 4 aromatic rings. The summed E-state index contributed by atoms with van der Waals surface area (Å²) in [6.45, 7) is -4.24. The van der Waals surface area contributed by atoms with Crippen molar-refractivity contribution in [3.8, 4) is 0 Å². The number of nitrogens with two attached hydrogens (primary N) is 2. The number of rotatable bonds is 2. The number of aliphatic hydroxyl groups is 1. The number of nitrogen functional groups attached to an aromatic ring is 2. The van der Waals surface area contributed by atoms with Crippen LogP contribution in [0.1, 0.15) is 18.9 Å². The molecule has 7 heterocycles. The minimum Gasteiger partial charge on any atom is -0.386 e. The number of aromatic nitrogens is 8. The monoisotopic (exact) mass is 594 g/mol. The summed E-state index contributed by atoms with van der Waals surface area (Å²) in [4.78, 5) is 35.3. The van der Waals surface area contributed by atoms with E-state index >= 15 is 0 Å². The van der Waals surface area contributed by atoms with Crippen molar-refractivity contribution in [1.29, 1.82) is 0 Å². The first-order chi connectivity index (χ1) is 19.2. The average Bonchev–Trinajstić information content (AvgIpc) is 3.66. The van der Waals surface area contributed by atoms with Crippen LogP contribution in [0.4, 0.5) is 11.8 Å². The van der Waals surface area contributed by atoms with Crippen molar-refractivity contribution in [3.63, 3.8) is 0 Å². The van der Waals surface area contributed by atoms with Gasteiger partial charge in [-0.3, -0.25) is 28.0 Å². The van der Waals surface area contributed by atoms with Gasteiger partial charge in [-0.05, 0) is 0 Å². The van der Waals surface area contributed by atoms with Crippen LogP contribution in [0.15, 0.2) is 23.8 Å². The Bertz CT molecular complexity index is 1710. The average molecular weight is 595 g/mol. The van der Waals surface area contributed by atoms with E-state index in [1.54, 1.807) is 0 Å². The summed E-state index contributed by atoms with van der Waals surface area (Å²) in [7, 11) is 0. The minimum atomic E-state index is -3.99. The minimum absolute atomic E-state index is 0.0180. The molecule has 212 valence electrons. The molecular weight excluding hydrogens is 571 g/mol. The zero-order valence-electron chi connectivity index (χ0n) is 20.4. The number of fused-ring (bicyclic) bond motifs is 5. The third-order valence-corrected chi connectivity index (χ3v) is 8.63. The molecule has 0 saturated carbocycles. The van der Waals surface area contributed by atoms with Gasteiger partial charge in [0, 0.05) is 6.42 Å². The molecule has 40 heavy (non-hydrogen) atoms. The highest BCUT2D eigenvalue weighted by atomic mass is 32.7. The third-order valence-electron chi connectivity index (χ3n) is 6.99. The number of nitrogens with one attached hydrogen (secondary N) is 1. The van der Waals surface area contributed by atoms with E-state index < -0.39 is 55.3 Å². The van der Waals surface area contributed by atoms with Gasteiger partial charge in [0.25, 0.3) is 5.56 Å². The molecule has 18 nitrogen and oxygen atoms in total. The fourth-order valence-corrected chi connectivity index (χ4v) is 6.72. The lowest BCUT2D eigenvalue weighted by Gasteiger charge is -2.26. The molecule has 7 unspecified atom stereocenters. The summed E-state index contributed by atoms with van der Waals surface area (Å²) in [6, 6.07) is 0. The number of hydrogen-bond donors (Lipinski definition) is 5. The van der Waals surface area contributed by atoms with Crippen LogP contribution in [0.3, 0.4) is 0 Å². The zero-order valence-corrected chi connectivity index (χ0v) is 22.2. The van der Waals surface area contributed by atoms with E-state index in [9.17, 15) is 14.5 Å². The summed E-state index contributed by atoms with van der Waals surface area (Å²) in [5.74, 6) is 0.0673. The molecule has 0 radical (unpaired) electrons. The first-order valence-electron chi connectivity index (χ1n) is 12.1. The number of aliphatic hydroxyl groups excluding tert-OH is 1. The van der Waals surface area contributed by atoms with E-state index in [0.29, 0.717) is 11.2 Å². The number of thiol groups is 1. The highest BCUT2D eigenvalue weighted by Gasteiger charge is 2.50. The van der Waals surface area contributed by atoms with E-state index in [1.165, 1.54) is 28.1 Å². The molecule has 3 aliphatic rings. The fraction of sp³-hybridized carbons (Fsp3) is 0.500. The van der Waals surface area contributed by atoms with Gasteiger partial charge in [-0.2, -0.15) is 4.98 Å². The molecule has 2 bridgehead atoms. The SMILES string of the molecule is Nc1nc2c(ncn2C2OC3COC4C(COP(=O)(S)O[C@H]2C3)OC(n2cnc3c(N)ncnc32)C4O)c(=O)[nH]1. The van der Waals surface area contributed by atoms with Crippen LogP contribution in [-0.2, 0) is 27.8 Å². The first-order valence-corrected chi connectivity index (χ1v) is 14.8. The normalized spacial score (nSPS) is 34.7. The van der Waals surface area contributed by atoms with Crippen molar-refractivity contribution in [1.82, 2.24) is 39.0 Å². The maximum absolute atomic E-state index is 13.3. The van der Waals surface area contributed by atoms with Gasteiger partial charge in [-0.25, -0.2) is 24.5 Å². The van der Waals surface area contributed by atoms with E-state index in [4.69, 9.17) is 34.7 Å². The molecule has 20 heteroatoms. The Balaban J connectivity index is 1.18. The highest BCUT2D eigenvalue weighted by molar-refractivity contribution is 8.44. The molecule has 0 amide bonds. The molecule has 6 N–H and O–H groups in total. The summed E-state index contributed by atoms with van der Waals surface area (Å²) < 4.78 is 46.0. The summed E-state index contributed by atoms with van der Waals surface area (Å²) >= 11 is 4.16. The molecule has 3 fully saturated rings. The molecule has 4 aromatic heterocycles.